The van der Waals surface area contributed by atoms with Crippen molar-refractivity contribution in [1.82, 2.24) is 14.1 Å². The topological polar surface area (TPSA) is 111 Å². The molecule has 2 N–H and O–H groups in total. The molecule has 176 valence electrons. The van der Waals surface area contributed by atoms with Gasteiger partial charge in [0.15, 0.2) is 0 Å². The Hall–Kier alpha value is -3.73. The number of amides is 1. The van der Waals surface area contributed by atoms with Crippen LogP contribution in [0.5, 0.6) is 5.75 Å². The Kier molecular flexibility index (Phi) is 6.92. The Bertz CT molecular complexity index is 1380. The summed E-state index contributed by atoms with van der Waals surface area (Å²) in [6, 6.07) is 17.3. The smallest absolute Gasteiger partial charge is 0.255 e. The molecule has 0 aliphatic heterocycles. The fraction of sp³-hybridized carbons (Fsp3) is 0.167. The van der Waals surface area contributed by atoms with Gasteiger partial charge >= 0.3 is 0 Å². The number of methoxy groups -OCH3 is 2. The molecule has 2 aromatic carbocycles. The third kappa shape index (κ3) is 5.09. The van der Waals surface area contributed by atoms with Gasteiger partial charge < -0.3 is 19.2 Å². The molecule has 0 saturated heterocycles. The number of nitrogens with zero attached hydrogens (tertiary/aromatic N) is 2. The minimum Gasteiger partial charge on any atom is -0.495 e. The van der Waals surface area contributed by atoms with Gasteiger partial charge in [0.2, 0.25) is 10.0 Å². The summed E-state index contributed by atoms with van der Waals surface area (Å²) in [5.41, 5.74) is 3.31. The van der Waals surface area contributed by atoms with Gasteiger partial charge in [0.05, 0.1) is 19.4 Å². The minimum absolute atomic E-state index is 0.0943. The number of hydrogen-bond acceptors (Lipinski definition) is 6. The van der Waals surface area contributed by atoms with Crippen molar-refractivity contribution < 1.29 is 22.7 Å². The Balaban J connectivity index is 1.52. The molecule has 2 heterocycles. The van der Waals surface area contributed by atoms with Crippen molar-refractivity contribution >= 4 is 27.3 Å². The zero-order valence-corrected chi connectivity index (χ0v) is 19.5. The van der Waals surface area contributed by atoms with Gasteiger partial charge in [-0.25, -0.2) is 18.1 Å². The molecule has 0 radical (unpaired) electrons. The summed E-state index contributed by atoms with van der Waals surface area (Å²) < 4.78 is 39.8. The second-order valence-electron chi connectivity index (χ2n) is 7.38. The third-order valence-corrected chi connectivity index (χ3v) is 6.60. The summed E-state index contributed by atoms with van der Waals surface area (Å²) in [7, 11) is -1.05. The maximum atomic E-state index is 12.8. The number of ether oxygens (including phenoxy) is 2. The molecule has 0 spiro atoms. The summed E-state index contributed by atoms with van der Waals surface area (Å²) in [4.78, 5) is 17.3. The van der Waals surface area contributed by atoms with Crippen LogP contribution in [0.3, 0.4) is 0 Å². The fourth-order valence-corrected chi connectivity index (χ4v) is 4.59. The van der Waals surface area contributed by atoms with Crippen molar-refractivity contribution in [2.75, 3.05) is 32.7 Å². The molecule has 0 aliphatic carbocycles. The lowest BCUT2D eigenvalue weighted by molar-refractivity contribution is 0.102. The Labute approximate surface area is 197 Å². The highest BCUT2D eigenvalue weighted by molar-refractivity contribution is 7.89. The second-order valence-corrected chi connectivity index (χ2v) is 9.12. The van der Waals surface area contributed by atoms with Crippen molar-refractivity contribution in [3.63, 3.8) is 0 Å². The Morgan fingerprint density at radius 3 is 2.56 bits per heavy atom. The predicted molar refractivity (Wildman–Crippen MR) is 129 cm³/mol. The SMILES string of the molecule is COCCNS(=O)(=O)c1cc(C(=O)Nc2ccc(-c3cn4ccccc4n3)cc2)ccc1OC. The van der Waals surface area contributed by atoms with Crippen molar-refractivity contribution in [3.05, 3.63) is 78.6 Å². The lowest BCUT2D eigenvalue weighted by Gasteiger charge is -2.12. The number of aromatic nitrogens is 2. The number of rotatable bonds is 9. The number of carbonyl (C=O) groups is 1. The second kappa shape index (κ2) is 10.0. The summed E-state index contributed by atoms with van der Waals surface area (Å²) in [6.07, 6.45) is 3.86. The first-order chi connectivity index (χ1) is 16.4. The van der Waals surface area contributed by atoms with Crippen LogP contribution in [0.2, 0.25) is 0 Å². The highest BCUT2D eigenvalue weighted by Crippen LogP contribution is 2.26. The maximum absolute atomic E-state index is 12.8. The Morgan fingerprint density at radius 2 is 1.85 bits per heavy atom. The first-order valence-corrected chi connectivity index (χ1v) is 11.9. The molecule has 34 heavy (non-hydrogen) atoms. The fourth-order valence-electron chi connectivity index (χ4n) is 3.39. The number of imidazole rings is 1. The average molecular weight is 481 g/mol. The van der Waals surface area contributed by atoms with E-state index in [1.807, 2.05) is 47.1 Å². The van der Waals surface area contributed by atoms with Crippen LogP contribution in [-0.4, -0.2) is 51.1 Å². The zero-order valence-electron chi connectivity index (χ0n) is 18.7. The largest absolute Gasteiger partial charge is 0.495 e. The molecular formula is C24H24N4O5S. The van der Waals surface area contributed by atoms with Crippen molar-refractivity contribution in [1.29, 1.82) is 0 Å². The van der Waals surface area contributed by atoms with E-state index >= 15 is 0 Å². The van der Waals surface area contributed by atoms with E-state index < -0.39 is 15.9 Å². The number of anilines is 1. The normalized spacial score (nSPS) is 11.5. The quantitative estimate of drug-likeness (QED) is 0.356. The number of fused-ring (bicyclic) bond motifs is 1. The van der Waals surface area contributed by atoms with Crippen LogP contribution < -0.4 is 14.8 Å². The van der Waals surface area contributed by atoms with Gasteiger partial charge in [-0.1, -0.05) is 18.2 Å². The van der Waals surface area contributed by atoms with Gasteiger partial charge in [-0.15, -0.1) is 0 Å². The predicted octanol–water partition coefficient (Wildman–Crippen LogP) is 3.19. The van der Waals surface area contributed by atoms with Gasteiger partial charge in [-0.05, 0) is 42.5 Å². The number of hydrogen-bond donors (Lipinski definition) is 2. The highest BCUT2D eigenvalue weighted by Gasteiger charge is 2.21. The molecule has 2 aromatic heterocycles. The monoisotopic (exact) mass is 480 g/mol. The molecule has 1 amide bonds. The summed E-state index contributed by atoms with van der Waals surface area (Å²) in [5, 5.41) is 2.79. The van der Waals surface area contributed by atoms with Gasteiger partial charge in [-0.3, -0.25) is 4.79 Å². The molecular weight excluding hydrogens is 456 g/mol. The van der Waals surface area contributed by atoms with E-state index in [0.29, 0.717) is 5.69 Å². The van der Waals surface area contributed by atoms with Crippen molar-refractivity contribution in [2.24, 2.45) is 0 Å². The highest BCUT2D eigenvalue weighted by atomic mass is 32.2. The third-order valence-electron chi connectivity index (χ3n) is 5.12. The summed E-state index contributed by atoms with van der Waals surface area (Å²) >= 11 is 0. The van der Waals surface area contributed by atoms with E-state index in [2.05, 4.69) is 15.0 Å². The van der Waals surface area contributed by atoms with E-state index in [9.17, 15) is 13.2 Å². The molecule has 0 saturated carbocycles. The van der Waals surface area contributed by atoms with Crippen LogP contribution in [-0.2, 0) is 14.8 Å². The van der Waals surface area contributed by atoms with E-state index in [1.54, 1.807) is 12.1 Å². The first kappa shape index (κ1) is 23.4. The standard InChI is InChI=1S/C24H24N4O5S/c1-32-14-12-25-34(30,31)22-15-18(8-11-21(22)33-2)24(29)26-19-9-6-17(7-10-19)20-16-28-13-4-3-5-23(28)27-20/h3-11,13,15-16,25H,12,14H2,1-2H3,(H,26,29). The van der Waals surface area contributed by atoms with Gasteiger partial charge in [0.1, 0.15) is 16.3 Å². The van der Waals surface area contributed by atoms with Crippen LogP contribution in [0.4, 0.5) is 5.69 Å². The molecule has 4 aromatic rings. The number of sulfonamides is 1. The first-order valence-electron chi connectivity index (χ1n) is 10.4. The average Bonchev–Trinajstić information content (AvgIpc) is 3.28. The van der Waals surface area contributed by atoms with Crippen LogP contribution in [0.1, 0.15) is 10.4 Å². The van der Waals surface area contributed by atoms with E-state index in [0.717, 1.165) is 16.9 Å². The van der Waals surface area contributed by atoms with Crippen LogP contribution in [0.15, 0.2) is 78.0 Å². The lowest BCUT2D eigenvalue weighted by Crippen LogP contribution is -2.28. The van der Waals surface area contributed by atoms with Crippen molar-refractivity contribution in [2.45, 2.75) is 4.90 Å². The van der Waals surface area contributed by atoms with Crippen LogP contribution in [0.25, 0.3) is 16.9 Å². The molecule has 0 unspecified atom stereocenters. The molecule has 9 nitrogen and oxygen atoms in total. The maximum Gasteiger partial charge on any atom is 0.255 e. The molecule has 4 rings (SSSR count). The molecule has 0 aliphatic rings. The van der Waals surface area contributed by atoms with E-state index in [-0.39, 0.29) is 29.4 Å². The molecule has 0 bridgehead atoms. The van der Waals surface area contributed by atoms with Crippen LogP contribution in [0, 0.1) is 0 Å². The van der Waals surface area contributed by atoms with E-state index in [1.165, 1.54) is 32.4 Å². The van der Waals surface area contributed by atoms with Gasteiger partial charge in [-0.2, -0.15) is 0 Å². The zero-order chi connectivity index (χ0) is 24.1. The van der Waals surface area contributed by atoms with Gasteiger partial charge in [0, 0.05) is 42.9 Å². The van der Waals surface area contributed by atoms with Crippen LogP contribution >= 0.6 is 0 Å². The van der Waals surface area contributed by atoms with E-state index in [4.69, 9.17) is 9.47 Å². The van der Waals surface area contributed by atoms with Gasteiger partial charge in [0.25, 0.3) is 5.91 Å². The lowest BCUT2D eigenvalue weighted by atomic mass is 10.1. The molecule has 0 fully saturated rings. The number of pyridine rings is 1. The summed E-state index contributed by atoms with van der Waals surface area (Å²) in [5.74, 6) is -0.310. The number of carbonyl (C=O) groups excluding carboxylic acids is 1. The number of nitrogens with one attached hydrogen (secondary N) is 2. The van der Waals surface area contributed by atoms with Crippen molar-refractivity contribution in [3.8, 4) is 17.0 Å². The summed E-state index contributed by atoms with van der Waals surface area (Å²) in [6.45, 7) is 0.309. The molecule has 0 atom stereocenters. The Morgan fingerprint density at radius 1 is 1.06 bits per heavy atom. The number of benzene rings is 2. The minimum atomic E-state index is -3.90. The molecule has 10 heteroatoms.